The minimum Gasteiger partial charge on any atom is -0.493 e. The number of nitrogens with zero attached hydrogens (tertiary/aromatic N) is 1. The summed E-state index contributed by atoms with van der Waals surface area (Å²) in [6.45, 7) is 1.72. The van der Waals surface area contributed by atoms with Crippen LogP contribution in [0.2, 0.25) is 0 Å². The third-order valence-electron chi connectivity index (χ3n) is 4.91. The molecule has 0 aromatic heterocycles. The molecule has 0 amide bonds. The van der Waals surface area contributed by atoms with Gasteiger partial charge in [-0.05, 0) is 48.7 Å². The summed E-state index contributed by atoms with van der Waals surface area (Å²) in [6, 6.07) is 7.04. The molecule has 1 aliphatic rings. The quantitative estimate of drug-likeness (QED) is 0.757. The van der Waals surface area contributed by atoms with Crippen molar-refractivity contribution in [2.45, 2.75) is 30.5 Å². The number of sulfonamides is 1. The largest absolute Gasteiger partial charge is 0.493 e. The Labute approximate surface area is 161 Å². The Morgan fingerprint density at radius 2 is 1.68 bits per heavy atom. The second kappa shape index (κ2) is 7.29. The fourth-order valence-corrected chi connectivity index (χ4v) is 5.33. The molecule has 0 radical (unpaired) electrons. The van der Waals surface area contributed by atoms with Crippen LogP contribution in [0, 0.1) is 0 Å². The van der Waals surface area contributed by atoms with Crippen molar-refractivity contribution in [1.29, 1.82) is 0 Å². The zero-order valence-electron chi connectivity index (χ0n) is 15.6. The summed E-state index contributed by atoms with van der Waals surface area (Å²) in [5.74, 6) is 0.954. The number of ether oxygens (including phenoxy) is 2. The Morgan fingerprint density at radius 3 is 2.29 bits per heavy atom. The summed E-state index contributed by atoms with van der Waals surface area (Å²) in [5.41, 5.74) is 0.387. The summed E-state index contributed by atoms with van der Waals surface area (Å²) < 4.78 is 78.0. The van der Waals surface area contributed by atoms with E-state index in [1.807, 2.05) is 0 Å². The molecule has 0 saturated heterocycles. The van der Waals surface area contributed by atoms with E-state index < -0.39 is 32.7 Å². The van der Waals surface area contributed by atoms with E-state index in [9.17, 15) is 21.6 Å². The van der Waals surface area contributed by atoms with Gasteiger partial charge in [-0.3, -0.25) is 0 Å². The van der Waals surface area contributed by atoms with Crippen molar-refractivity contribution in [3.05, 3.63) is 53.1 Å². The summed E-state index contributed by atoms with van der Waals surface area (Å²) in [6.07, 6.45) is -4.41. The first-order valence-electron chi connectivity index (χ1n) is 8.54. The van der Waals surface area contributed by atoms with E-state index in [0.29, 0.717) is 23.5 Å². The summed E-state index contributed by atoms with van der Waals surface area (Å²) in [5, 5.41) is 0. The van der Waals surface area contributed by atoms with E-state index in [1.54, 1.807) is 19.1 Å². The Morgan fingerprint density at radius 1 is 1.07 bits per heavy atom. The number of alkyl halides is 3. The van der Waals surface area contributed by atoms with E-state index in [-0.39, 0.29) is 6.54 Å². The average Bonchev–Trinajstić information content (AvgIpc) is 2.66. The summed E-state index contributed by atoms with van der Waals surface area (Å²) >= 11 is 0. The molecule has 2 aromatic carbocycles. The van der Waals surface area contributed by atoms with Crippen LogP contribution in [0.1, 0.15) is 29.7 Å². The molecule has 5 nitrogen and oxygen atoms in total. The molecule has 3 rings (SSSR count). The summed E-state index contributed by atoms with van der Waals surface area (Å²) in [7, 11) is -1.40. The van der Waals surface area contributed by atoms with Crippen LogP contribution in [0.5, 0.6) is 11.5 Å². The highest BCUT2D eigenvalue weighted by Gasteiger charge is 2.41. The van der Waals surface area contributed by atoms with Crippen molar-refractivity contribution < 1.29 is 31.1 Å². The van der Waals surface area contributed by atoms with Gasteiger partial charge in [0, 0.05) is 12.6 Å². The molecule has 1 aliphatic heterocycles. The van der Waals surface area contributed by atoms with Crippen LogP contribution in [0.25, 0.3) is 0 Å². The topological polar surface area (TPSA) is 55.8 Å². The summed E-state index contributed by atoms with van der Waals surface area (Å²) in [4.78, 5) is -0.738. The fraction of sp³-hybridized carbons (Fsp3) is 0.368. The van der Waals surface area contributed by atoms with Gasteiger partial charge in [0.1, 0.15) is 0 Å². The van der Waals surface area contributed by atoms with Crippen LogP contribution < -0.4 is 9.47 Å². The Bertz CT molecular complexity index is 989. The minimum atomic E-state index is -4.77. The highest BCUT2D eigenvalue weighted by atomic mass is 32.2. The van der Waals surface area contributed by atoms with Gasteiger partial charge >= 0.3 is 6.18 Å². The van der Waals surface area contributed by atoms with E-state index in [2.05, 4.69) is 0 Å². The van der Waals surface area contributed by atoms with Crippen molar-refractivity contribution in [3.63, 3.8) is 0 Å². The lowest BCUT2D eigenvalue weighted by molar-refractivity contribution is -0.139. The van der Waals surface area contributed by atoms with Gasteiger partial charge in [0.05, 0.1) is 24.7 Å². The van der Waals surface area contributed by atoms with E-state index in [0.717, 1.165) is 22.0 Å². The lowest BCUT2D eigenvalue weighted by atomic mass is 9.94. The van der Waals surface area contributed by atoms with Gasteiger partial charge in [0.2, 0.25) is 10.0 Å². The van der Waals surface area contributed by atoms with E-state index in [1.165, 1.54) is 26.4 Å². The normalized spacial score (nSPS) is 17.9. The standard InChI is InChI=1S/C19H20F3NO4S/c1-12-14-11-17(27-3)16(26-2)10-13(14)8-9-23(12)28(24,25)18-7-5-4-6-15(18)19(20,21)22/h4-7,10-12H,8-9H2,1-3H3/t12-/m1/s1. The van der Waals surface area contributed by atoms with Crippen LogP contribution in [0.3, 0.4) is 0 Å². The molecule has 0 unspecified atom stereocenters. The number of fused-ring (bicyclic) bond motifs is 1. The Balaban J connectivity index is 2.07. The SMILES string of the molecule is COc1cc2c(cc1OC)[C@@H](C)N(S(=O)(=O)c1ccccc1C(F)(F)F)CC2. The van der Waals surface area contributed by atoms with Gasteiger partial charge < -0.3 is 9.47 Å². The third-order valence-corrected chi connectivity index (χ3v) is 6.94. The molecule has 0 bridgehead atoms. The lowest BCUT2D eigenvalue weighted by Crippen LogP contribution is -2.39. The fourth-order valence-electron chi connectivity index (χ4n) is 3.50. The van der Waals surface area contributed by atoms with E-state index >= 15 is 0 Å². The zero-order valence-corrected chi connectivity index (χ0v) is 16.4. The second-order valence-corrected chi connectivity index (χ2v) is 8.30. The van der Waals surface area contributed by atoms with Gasteiger partial charge in [0.25, 0.3) is 0 Å². The molecule has 2 aromatic rings. The predicted octanol–water partition coefficient (Wildman–Crippen LogP) is 4.03. The van der Waals surface area contributed by atoms with Gasteiger partial charge in [0.15, 0.2) is 11.5 Å². The molecule has 0 N–H and O–H groups in total. The first kappa shape index (κ1) is 20.5. The molecule has 0 saturated carbocycles. The molecule has 9 heteroatoms. The first-order valence-corrected chi connectivity index (χ1v) is 9.98. The van der Waals surface area contributed by atoms with Crippen LogP contribution in [-0.4, -0.2) is 33.5 Å². The number of hydrogen-bond acceptors (Lipinski definition) is 4. The molecule has 1 heterocycles. The monoisotopic (exact) mass is 415 g/mol. The minimum absolute atomic E-state index is 0.0676. The van der Waals surface area contributed by atoms with E-state index in [4.69, 9.17) is 9.47 Å². The number of hydrogen-bond donors (Lipinski definition) is 0. The van der Waals surface area contributed by atoms with Crippen LogP contribution in [-0.2, 0) is 22.6 Å². The average molecular weight is 415 g/mol. The molecular weight excluding hydrogens is 395 g/mol. The zero-order chi connectivity index (χ0) is 20.7. The first-order chi connectivity index (χ1) is 13.1. The lowest BCUT2D eigenvalue weighted by Gasteiger charge is -2.35. The number of methoxy groups -OCH3 is 2. The van der Waals surface area contributed by atoms with Gasteiger partial charge in [-0.15, -0.1) is 0 Å². The van der Waals surface area contributed by atoms with Gasteiger partial charge in [-0.2, -0.15) is 17.5 Å². The maximum Gasteiger partial charge on any atom is 0.417 e. The van der Waals surface area contributed by atoms with Gasteiger partial charge in [-0.25, -0.2) is 8.42 Å². The predicted molar refractivity (Wildman–Crippen MR) is 97.0 cm³/mol. The third kappa shape index (κ3) is 3.44. The molecule has 28 heavy (non-hydrogen) atoms. The van der Waals surface area contributed by atoms with Gasteiger partial charge in [-0.1, -0.05) is 12.1 Å². The Hall–Kier alpha value is -2.26. The highest BCUT2D eigenvalue weighted by Crippen LogP contribution is 2.41. The van der Waals surface area contributed by atoms with Crippen LogP contribution >= 0.6 is 0 Å². The van der Waals surface area contributed by atoms with Crippen molar-refractivity contribution in [1.82, 2.24) is 4.31 Å². The number of rotatable bonds is 4. The highest BCUT2D eigenvalue weighted by molar-refractivity contribution is 7.89. The second-order valence-electron chi connectivity index (χ2n) is 6.44. The van der Waals surface area contributed by atoms with Crippen LogP contribution in [0.4, 0.5) is 13.2 Å². The molecular formula is C19H20F3NO4S. The maximum absolute atomic E-state index is 13.4. The van der Waals surface area contributed by atoms with Crippen molar-refractivity contribution >= 4 is 10.0 Å². The number of benzene rings is 2. The smallest absolute Gasteiger partial charge is 0.417 e. The van der Waals surface area contributed by atoms with Crippen LogP contribution in [0.15, 0.2) is 41.3 Å². The molecule has 0 spiro atoms. The van der Waals surface area contributed by atoms with Crippen molar-refractivity contribution in [3.8, 4) is 11.5 Å². The Kier molecular flexibility index (Phi) is 5.33. The molecule has 1 atom stereocenters. The van der Waals surface area contributed by atoms with Crippen molar-refractivity contribution in [2.24, 2.45) is 0 Å². The molecule has 152 valence electrons. The maximum atomic E-state index is 13.4. The molecule has 0 aliphatic carbocycles. The van der Waals surface area contributed by atoms with Crippen molar-refractivity contribution in [2.75, 3.05) is 20.8 Å². The number of halogens is 3. The molecule has 0 fully saturated rings.